The van der Waals surface area contributed by atoms with E-state index in [0.29, 0.717) is 12.5 Å². The van der Waals surface area contributed by atoms with Crippen LogP contribution in [-0.4, -0.2) is 41.8 Å². The van der Waals surface area contributed by atoms with Crippen molar-refractivity contribution in [3.8, 4) is 0 Å². The van der Waals surface area contributed by atoms with Crippen LogP contribution in [0.2, 0.25) is 5.02 Å². The number of ether oxygens (including phenoxy) is 2. The molecule has 2 fully saturated rings. The van der Waals surface area contributed by atoms with E-state index >= 15 is 0 Å². The average Bonchev–Trinajstić information content (AvgIpc) is 3.01. The molecule has 0 N–H and O–H groups in total. The molecular weight excluding hydrogens is 336 g/mol. The van der Waals surface area contributed by atoms with Gasteiger partial charge in [0.2, 0.25) is 0 Å². The molecule has 2 aliphatic heterocycles. The summed E-state index contributed by atoms with van der Waals surface area (Å²) in [7, 11) is 0. The molecule has 0 amide bonds. The van der Waals surface area contributed by atoms with Gasteiger partial charge in [0.1, 0.15) is 0 Å². The highest BCUT2D eigenvalue weighted by Gasteiger charge is 2.52. The van der Waals surface area contributed by atoms with Gasteiger partial charge in [-0.3, -0.25) is 9.88 Å². The minimum atomic E-state index is -0.0316. The van der Waals surface area contributed by atoms with E-state index in [-0.39, 0.29) is 5.60 Å². The van der Waals surface area contributed by atoms with E-state index in [9.17, 15) is 0 Å². The van der Waals surface area contributed by atoms with Crippen LogP contribution in [-0.2, 0) is 22.6 Å². The van der Waals surface area contributed by atoms with Crippen LogP contribution in [0.4, 0.5) is 0 Å². The molecule has 1 spiro atoms. The molecule has 2 aliphatic rings. The first-order valence-corrected chi connectivity index (χ1v) is 9.19. The predicted molar refractivity (Wildman–Crippen MR) is 97.4 cm³/mol. The van der Waals surface area contributed by atoms with Crippen LogP contribution in [0.15, 0.2) is 48.8 Å². The quantitative estimate of drug-likeness (QED) is 0.791. The number of nitrogens with zero attached hydrogens (tertiary/aromatic N) is 2. The summed E-state index contributed by atoms with van der Waals surface area (Å²) in [6.45, 7) is 4.99. The molecule has 0 radical (unpaired) electrons. The number of hydrogen-bond donors (Lipinski definition) is 0. The van der Waals surface area contributed by atoms with E-state index in [0.717, 1.165) is 49.9 Å². The van der Waals surface area contributed by atoms with Gasteiger partial charge in [-0.05, 0) is 29.7 Å². The molecule has 1 atom stereocenters. The first kappa shape index (κ1) is 17.0. The number of likely N-dealkylation sites (tertiary alicyclic amines) is 1. The van der Waals surface area contributed by atoms with Gasteiger partial charge in [0, 0.05) is 49.6 Å². The van der Waals surface area contributed by atoms with E-state index in [4.69, 9.17) is 21.1 Å². The molecule has 2 saturated heterocycles. The van der Waals surface area contributed by atoms with Crippen LogP contribution < -0.4 is 0 Å². The van der Waals surface area contributed by atoms with Crippen LogP contribution in [0.1, 0.15) is 17.5 Å². The molecule has 1 aromatic heterocycles. The largest absolute Gasteiger partial charge is 0.376 e. The third-order valence-corrected chi connectivity index (χ3v) is 5.61. The van der Waals surface area contributed by atoms with Gasteiger partial charge in [0.05, 0.1) is 18.8 Å². The summed E-state index contributed by atoms with van der Waals surface area (Å²) < 4.78 is 12.1. The van der Waals surface area contributed by atoms with Crippen molar-refractivity contribution in [2.75, 3.05) is 26.3 Å². The van der Waals surface area contributed by atoms with Gasteiger partial charge in [-0.25, -0.2) is 0 Å². The average molecular weight is 359 g/mol. The maximum atomic E-state index is 6.27. The lowest BCUT2D eigenvalue weighted by Gasteiger charge is -2.50. The normalized spacial score (nSPS) is 22.2. The molecule has 0 unspecified atom stereocenters. The summed E-state index contributed by atoms with van der Waals surface area (Å²) in [5, 5.41) is 0.840. The van der Waals surface area contributed by atoms with E-state index in [2.05, 4.69) is 16.0 Å². The zero-order chi connectivity index (χ0) is 17.1. The summed E-state index contributed by atoms with van der Waals surface area (Å²) in [5.41, 5.74) is 2.27. The van der Waals surface area contributed by atoms with Gasteiger partial charge in [-0.15, -0.1) is 0 Å². The van der Waals surface area contributed by atoms with Gasteiger partial charge in [-0.1, -0.05) is 35.9 Å². The van der Waals surface area contributed by atoms with E-state index < -0.39 is 0 Å². The smallest absolute Gasteiger partial charge is 0.0985 e. The third-order valence-electron chi connectivity index (χ3n) is 5.24. The molecule has 4 nitrogen and oxygen atoms in total. The molecule has 2 aromatic rings. The number of rotatable bonds is 6. The zero-order valence-corrected chi connectivity index (χ0v) is 15.0. The van der Waals surface area contributed by atoms with Crippen molar-refractivity contribution in [1.29, 1.82) is 0 Å². The second-order valence-electron chi connectivity index (χ2n) is 7.01. The molecule has 3 heterocycles. The van der Waals surface area contributed by atoms with Crippen LogP contribution >= 0.6 is 11.6 Å². The third kappa shape index (κ3) is 3.72. The number of halogens is 1. The highest BCUT2D eigenvalue weighted by molar-refractivity contribution is 6.31. The Morgan fingerprint density at radius 2 is 2.12 bits per heavy atom. The summed E-state index contributed by atoms with van der Waals surface area (Å²) in [4.78, 5) is 6.53. The predicted octanol–water partition coefficient (Wildman–Crippen LogP) is 3.54. The van der Waals surface area contributed by atoms with Crippen LogP contribution in [0, 0.1) is 5.92 Å². The minimum Gasteiger partial charge on any atom is -0.376 e. The molecule has 1 aromatic carbocycles. The lowest BCUT2D eigenvalue weighted by Crippen LogP contribution is -2.64. The van der Waals surface area contributed by atoms with Gasteiger partial charge >= 0.3 is 0 Å². The minimum absolute atomic E-state index is 0.0316. The van der Waals surface area contributed by atoms with Crippen LogP contribution in [0.5, 0.6) is 0 Å². The molecular formula is C20H23ClN2O2. The van der Waals surface area contributed by atoms with Crippen molar-refractivity contribution in [2.24, 2.45) is 5.92 Å². The first-order valence-electron chi connectivity index (χ1n) is 8.81. The second kappa shape index (κ2) is 7.42. The fourth-order valence-corrected chi connectivity index (χ4v) is 4.06. The Balaban J connectivity index is 1.28. The SMILES string of the molecule is Clc1ccccc1CN1CC2(C1)OCC[C@H]2COCc1cccnc1. The Morgan fingerprint density at radius 1 is 1.24 bits per heavy atom. The van der Waals surface area contributed by atoms with Crippen molar-refractivity contribution in [2.45, 2.75) is 25.2 Å². The summed E-state index contributed by atoms with van der Waals surface area (Å²) >= 11 is 6.27. The zero-order valence-electron chi connectivity index (χ0n) is 14.2. The van der Waals surface area contributed by atoms with E-state index in [1.165, 1.54) is 5.56 Å². The lowest BCUT2D eigenvalue weighted by atomic mass is 9.81. The molecule has 0 bridgehead atoms. The molecule has 132 valence electrons. The molecule has 0 saturated carbocycles. The monoisotopic (exact) mass is 358 g/mol. The van der Waals surface area contributed by atoms with Gasteiger partial charge < -0.3 is 9.47 Å². The van der Waals surface area contributed by atoms with Gasteiger partial charge in [-0.2, -0.15) is 0 Å². The topological polar surface area (TPSA) is 34.6 Å². The Morgan fingerprint density at radius 3 is 2.92 bits per heavy atom. The standard InChI is InChI=1S/C20H23ClN2O2/c21-19-6-2-1-5-17(19)11-23-14-20(15-23)18(7-9-25-20)13-24-12-16-4-3-8-22-10-16/h1-6,8,10,18H,7,9,11-15H2/t18-/m0/s1. The number of pyridine rings is 1. The molecule has 25 heavy (non-hydrogen) atoms. The second-order valence-corrected chi connectivity index (χ2v) is 7.42. The van der Waals surface area contributed by atoms with Crippen LogP contribution in [0.25, 0.3) is 0 Å². The van der Waals surface area contributed by atoms with Crippen molar-refractivity contribution < 1.29 is 9.47 Å². The van der Waals surface area contributed by atoms with Crippen molar-refractivity contribution in [3.05, 3.63) is 64.9 Å². The highest BCUT2D eigenvalue weighted by Crippen LogP contribution is 2.41. The summed E-state index contributed by atoms with van der Waals surface area (Å²) in [6, 6.07) is 12.0. The molecule has 0 aliphatic carbocycles. The Bertz CT molecular complexity index is 704. The van der Waals surface area contributed by atoms with Gasteiger partial charge in [0.15, 0.2) is 0 Å². The van der Waals surface area contributed by atoms with Crippen molar-refractivity contribution in [3.63, 3.8) is 0 Å². The Labute approximate surface area is 153 Å². The molecule has 4 rings (SSSR count). The number of hydrogen-bond acceptors (Lipinski definition) is 4. The highest BCUT2D eigenvalue weighted by atomic mass is 35.5. The van der Waals surface area contributed by atoms with E-state index in [1.54, 1.807) is 6.20 Å². The summed E-state index contributed by atoms with van der Waals surface area (Å²) in [6.07, 6.45) is 4.72. The van der Waals surface area contributed by atoms with Crippen LogP contribution in [0.3, 0.4) is 0 Å². The fourth-order valence-electron chi connectivity index (χ4n) is 3.86. The lowest BCUT2D eigenvalue weighted by molar-refractivity contribution is -0.146. The first-order chi connectivity index (χ1) is 12.3. The van der Waals surface area contributed by atoms with Crippen molar-refractivity contribution >= 4 is 11.6 Å². The maximum Gasteiger partial charge on any atom is 0.0985 e. The van der Waals surface area contributed by atoms with Crippen molar-refractivity contribution in [1.82, 2.24) is 9.88 Å². The number of aromatic nitrogens is 1. The number of benzene rings is 1. The maximum absolute atomic E-state index is 6.27. The van der Waals surface area contributed by atoms with Gasteiger partial charge in [0.25, 0.3) is 0 Å². The van der Waals surface area contributed by atoms with E-state index in [1.807, 2.05) is 36.5 Å². The Kier molecular flexibility index (Phi) is 5.04. The fraction of sp³-hybridized carbons (Fsp3) is 0.450. The summed E-state index contributed by atoms with van der Waals surface area (Å²) in [5.74, 6) is 0.465. The molecule has 5 heteroatoms. The Hall–Kier alpha value is -1.46.